The van der Waals surface area contributed by atoms with Gasteiger partial charge in [0.2, 0.25) is 11.8 Å². The number of rotatable bonds is 6. The van der Waals surface area contributed by atoms with Gasteiger partial charge < -0.3 is 25.7 Å². The molecule has 3 rings (SSSR count). The number of non-ortho nitro benzene ring substituents is 1. The third kappa shape index (κ3) is 5.31. The largest absolute Gasteiger partial charge is 0.444 e. The van der Waals surface area contributed by atoms with E-state index in [-0.39, 0.29) is 18.0 Å². The summed E-state index contributed by atoms with van der Waals surface area (Å²) in [4.78, 5) is 52.6. The number of primary amides is 1. The Hall–Kier alpha value is -3.28. The van der Waals surface area contributed by atoms with Gasteiger partial charge >= 0.3 is 6.09 Å². The number of amides is 3. The molecule has 1 aromatic carbocycles. The molecule has 1 aliphatic rings. The quantitative estimate of drug-likeness (QED) is 0.435. The van der Waals surface area contributed by atoms with Crippen LogP contribution in [0, 0.1) is 10.1 Å². The number of alkyl carbamates (subject to hydrolysis) is 1. The first-order valence-corrected chi connectivity index (χ1v) is 11.0. The normalized spacial score (nSPS) is 17.2. The van der Waals surface area contributed by atoms with Crippen molar-refractivity contribution < 1.29 is 24.0 Å². The Labute approximate surface area is 188 Å². The van der Waals surface area contributed by atoms with Crippen LogP contribution in [0.1, 0.15) is 26.3 Å². The molecule has 1 aromatic heterocycles. The molecule has 2 heterocycles. The first-order valence-electron chi connectivity index (χ1n) is 9.87. The highest BCUT2D eigenvalue weighted by atomic mass is 32.2. The van der Waals surface area contributed by atoms with Crippen LogP contribution in [0.2, 0.25) is 0 Å². The highest BCUT2D eigenvalue weighted by Gasteiger charge is 2.38. The number of nitro benzene ring substituents is 1. The van der Waals surface area contributed by atoms with Gasteiger partial charge in [-0.05, 0) is 32.4 Å². The summed E-state index contributed by atoms with van der Waals surface area (Å²) < 4.78 is 5.30. The van der Waals surface area contributed by atoms with Gasteiger partial charge in [0, 0.05) is 41.4 Å². The predicted octanol–water partition coefficient (Wildman–Crippen LogP) is 1.90. The zero-order valence-corrected chi connectivity index (χ0v) is 18.7. The van der Waals surface area contributed by atoms with Crippen LogP contribution in [-0.4, -0.2) is 62.0 Å². The van der Waals surface area contributed by atoms with Crippen molar-refractivity contribution in [1.29, 1.82) is 0 Å². The Morgan fingerprint density at radius 2 is 2.12 bits per heavy atom. The number of aromatic amines is 1. The summed E-state index contributed by atoms with van der Waals surface area (Å²) in [5.41, 5.74) is 5.82. The van der Waals surface area contributed by atoms with E-state index in [0.717, 1.165) is 0 Å². The third-order valence-electron chi connectivity index (χ3n) is 4.87. The number of nitro groups is 1. The van der Waals surface area contributed by atoms with Crippen LogP contribution in [0.25, 0.3) is 10.9 Å². The molecule has 2 unspecified atom stereocenters. The van der Waals surface area contributed by atoms with Gasteiger partial charge in [0.1, 0.15) is 17.7 Å². The number of hydrogen-bond acceptors (Lipinski definition) is 7. The van der Waals surface area contributed by atoms with Crippen molar-refractivity contribution in [2.45, 2.75) is 44.9 Å². The van der Waals surface area contributed by atoms with Crippen molar-refractivity contribution in [3.8, 4) is 0 Å². The highest BCUT2D eigenvalue weighted by molar-refractivity contribution is 7.99. The summed E-state index contributed by atoms with van der Waals surface area (Å²) in [7, 11) is 0. The SMILES string of the molecule is CC(C)(C)OC(=O)NC(Cc1c[nH]c2ccc([N+](=O)[O-])cc12)C(=O)N1CSCC1C(N)=O. The summed E-state index contributed by atoms with van der Waals surface area (Å²) in [5.74, 6) is -0.468. The molecule has 1 aliphatic heterocycles. The molecular weight excluding hydrogens is 438 g/mol. The Morgan fingerprint density at radius 3 is 2.75 bits per heavy atom. The Balaban J connectivity index is 1.92. The predicted molar refractivity (Wildman–Crippen MR) is 119 cm³/mol. The van der Waals surface area contributed by atoms with Crippen molar-refractivity contribution in [1.82, 2.24) is 15.2 Å². The number of ether oxygens (including phenoxy) is 1. The minimum absolute atomic E-state index is 0.0336. The van der Waals surface area contributed by atoms with E-state index in [1.165, 1.54) is 28.8 Å². The van der Waals surface area contributed by atoms with Crippen LogP contribution < -0.4 is 11.1 Å². The number of benzene rings is 1. The van der Waals surface area contributed by atoms with E-state index in [1.807, 2.05) is 0 Å². The van der Waals surface area contributed by atoms with E-state index in [4.69, 9.17) is 10.5 Å². The number of carbonyl (C=O) groups is 3. The molecule has 32 heavy (non-hydrogen) atoms. The molecular formula is C20H25N5O6S. The average molecular weight is 464 g/mol. The number of aromatic nitrogens is 1. The molecule has 0 spiro atoms. The Bertz CT molecular complexity index is 1060. The van der Waals surface area contributed by atoms with E-state index in [0.29, 0.717) is 22.2 Å². The lowest BCUT2D eigenvalue weighted by molar-refractivity contribution is -0.384. The maximum atomic E-state index is 13.3. The number of carbonyl (C=O) groups excluding carboxylic acids is 3. The molecule has 11 nitrogen and oxygen atoms in total. The number of thioether (sulfide) groups is 1. The lowest BCUT2D eigenvalue weighted by Crippen LogP contribution is -2.54. The molecule has 0 bridgehead atoms. The number of H-pyrrole nitrogens is 1. The van der Waals surface area contributed by atoms with Crippen LogP contribution in [0.5, 0.6) is 0 Å². The van der Waals surface area contributed by atoms with Gasteiger partial charge in [-0.25, -0.2) is 4.79 Å². The number of hydrogen-bond donors (Lipinski definition) is 3. The standard InChI is InChI=1S/C20H25N5O6S/c1-20(2,3)31-19(28)23-15(18(27)24-10-32-9-16(24)17(21)26)6-11-8-22-14-5-4-12(25(29)30)7-13(11)14/h4-5,7-8,15-16,22H,6,9-10H2,1-3H3,(H2,21,26)(H,23,28). The Kier molecular flexibility index (Phi) is 6.63. The molecule has 4 N–H and O–H groups in total. The third-order valence-corrected chi connectivity index (χ3v) is 5.88. The summed E-state index contributed by atoms with van der Waals surface area (Å²) in [6, 6.07) is 2.52. The van der Waals surface area contributed by atoms with E-state index < -0.39 is 40.5 Å². The topological polar surface area (TPSA) is 161 Å². The van der Waals surface area contributed by atoms with Crippen molar-refractivity contribution in [3.63, 3.8) is 0 Å². The number of nitrogens with one attached hydrogen (secondary N) is 2. The van der Waals surface area contributed by atoms with E-state index in [1.54, 1.807) is 33.0 Å². The summed E-state index contributed by atoms with van der Waals surface area (Å²) in [6.45, 7) is 5.09. The second-order valence-corrected chi connectivity index (χ2v) is 9.43. The fraction of sp³-hybridized carbons (Fsp3) is 0.450. The van der Waals surface area contributed by atoms with Crippen LogP contribution in [0.3, 0.4) is 0 Å². The molecule has 3 amide bonds. The molecule has 1 saturated heterocycles. The van der Waals surface area contributed by atoms with Crippen molar-refractivity contribution in [2.24, 2.45) is 5.73 Å². The fourth-order valence-electron chi connectivity index (χ4n) is 3.41. The van der Waals surface area contributed by atoms with Gasteiger partial charge in [-0.2, -0.15) is 0 Å². The van der Waals surface area contributed by atoms with Crippen LogP contribution >= 0.6 is 11.8 Å². The van der Waals surface area contributed by atoms with Crippen molar-refractivity contribution in [3.05, 3.63) is 40.1 Å². The van der Waals surface area contributed by atoms with Gasteiger partial charge in [-0.1, -0.05) is 0 Å². The number of nitrogens with zero attached hydrogens (tertiary/aromatic N) is 2. The van der Waals surface area contributed by atoms with Gasteiger partial charge in [0.05, 0.1) is 10.8 Å². The molecule has 0 radical (unpaired) electrons. The average Bonchev–Trinajstić information content (AvgIpc) is 3.32. The van der Waals surface area contributed by atoms with Gasteiger partial charge in [0.15, 0.2) is 0 Å². The van der Waals surface area contributed by atoms with Crippen LogP contribution in [0.4, 0.5) is 10.5 Å². The fourth-order valence-corrected chi connectivity index (χ4v) is 4.59. The molecule has 172 valence electrons. The first-order chi connectivity index (χ1) is 15.0. The zero-order valence-electron chi connectivity index (χ0n) is 17.9. The lowest BCUT2D eigenvalue weighted by atomic mass is 10.0. The second kappa shape index (κ2) is 9.07. The minimum atomic E-state index is -1.07. The maximum Gasteiger partial charge on any atom is 0.408 e. The van der Waals surface area contributed by atoms with Crippen LogP contribution in [-0.2, 0) is 20.7 Å². The van der Waals surface area contributed by atoms with E-state index in [2.05, 4.69) is 10.3 Å². The molecule has 1 fully saturated rings. The second-order valence-electron chi connectivity index (χ2n) is 8.43. The molecule has 0 aliphatic carbocycles. The van der Waals surface area contributed by atoms with Gasteiger partial charge in [-0.3, -0.25) is 19.7 Å². The molecule has 12 heteroatoms. The Morgan fingerprint density at radius 1 is 1.41 bits per heavy atom. The number of nitrogens with two attached hydrogens (primary N) is 1. The van der Waals surface area contributed by atoms with E-state index in [9.17, 15) is 24.5 Å². The maximum absolute atomic E-state index is 13.3. The van der Waals surface area contributed by atoms with Crippen molar-refractivity contribution >= 4 is 46.3 Å². The minimum Gasteiger partial charge on any atom is -0.444 e. The monoisotopic (exact) mass is 463 g/mol. The first kappa shape index (κ1) is 23.4. The summed E-state index contributed by atoms with van der Waals surface area (Å²) in [6.07, 6.45) is 0.880. The summed E-state index contributed by atoms with van der Waals surface area (Å²) in [5, 5.41) is 14.3. The highest BCUT2D eigenvalue weighted by Crippen LogP contribution is 2.26. The lowest BCUT2D eigenvalue weighted by Gasteiger charge is -2.28. The van der Waals surface area contributed by atoms with Crippen LogP contribution in [0.15, 0.2) is 24.4 Å². The summed E-state index contributed by atoms with van der Waals surface area (Å²) >= 11 is 1.39. The molecule has 0 saturated carbocycles. The van der Waals surface area contributed by atoms with Gasteiger partial charge in [-0.15, -0.1) is 11.8 Å². The smallest absolute Gasteiger partial charge is 0.408 e. The molecule has 2 aromatic rings. The molecule has 2 atom stereocenters. The van der Waals surface area contributed by atoms with Gasteiger partial charge in [0.25, 0.3) is 5.69 Å². The van der Waals surface area contributed by atoms with Crippen molar-refractivity contribution in [2.75, 3.05) is 11.6 Å². The number of fused-ring (bicyclic) bond motifs is 1. The zero-order chi connectivity index (χ0) is 23.6. The van der Waals surface area contributed by atoms with E-state index >= 15 is 0 Å².